The number of anilines is 2. The number of benzene rings is 3. The van der Waals surface area contributed by atoms with Gasteiger partial charge in [-0.3, -0.25) is 24.6 Å². The largest absolute Gasteiger partial charge is 0.322 e. The number of nitrogens with zero attached hydrogens (tertiary/aromatic N) is 2. The van der Waals surface area contributed by atoms with E-state index in [1.165, 1.54) is 59.5 Å². The Bertz CT molecular complexity index is 1330. The van der Waals surface area contributed by atoms with E-state index in [9.17, 15) is 24.1 Å². The van der Waals surface area contributed by atoms with Crippen molar-refractivity contribution in [2.24, 2.45) is 0 Å². The van der Waals surface area contributed by atoms with Crippen molar-refractivity contribution in [2.45, 2.75) is 0 Å². The molecule has 1 N–H and O–H groups in total. The van der Waals surface area contributed by atoms with E-state index in [-0.39, 0.29) is 15.6 Å². The molecule has 164 valence electrons. The summed E-state index contributed by atoms with van der Waals surface area (Å²) in [6.07, 6.45) is 1.54. The molecule has 0 bridgehead atoms. The number of nitrogens with one attached hydrogen (secondary N) is 1. The highest BCUT2D eigenvalue weighted by Crippen LogP contribution is 2.36. The van der Waals surface area contributed by atoms with Crippen LogP contribution in [0.25, 0.3) is 6.08 Å². The van der Waals surface area contributed by atoms with Gasteiger partial charge in [0.25, 0.3) is 17.5 Å². The van der Waals surface area contributed by atoms with Crippen molar-refractivity contribution >= 4 is 63.3 Å². The number of halogens is 1. The van der Waals surface area contributed by atoms with Crippen molar-refractivity contribution < 1.29 is 18.9 Å². The fourth-order valence-corrected chi connectivity index (χ4v) is 4.39. The molecule has 10 heteroatoms. The van der Waals surface area contributed by atoms with Gasteiger partial charge in [0.1, 0.15) is 5.82 Å². The lowest BCUT2D eigenvalue weighted by atomic mass is 10.1. The molecular formula is C23H14FN3O4S2. The van der Waals surface area contributed by atoms with Gasteiger partial charge in [0.05, 0.1) is 15.5 Å². The molecule has 1 saturated heterocycles. The van der Waals surface area contributed by atoms with E-state index in [1.807, 2.05) is 0 Å². The fraction of sp³-hybridized carbons (Fsp3) is 0. The average Bonchev–Trinajstić information content (AvgIpc) is 3.08. The second-order valence-electron chi connectivity index (χ2n) is 6.88. The van der Waals surface area contributed by atoms with Gasteiger partial charge in [-0.2, -0.15) is 0 Å². The van der Waals surface area contributed by atoms with Crippen LogP contribution in [0.2, 0.25) is 0 Å². The van der Waals surface area contributed by atoms with Crippen LogP contribution in [0, 0.1) is 15.9 Å². The maximum absolute atomic E-state index is 13.1. The summed E-state index contributed by atoms with van der Waals surface area (Å²) < 4.78 is 13.3. The first-order chi connectivity index (χ1) is 15.8. The van der Waals surface area contributed by atoms with Gasteiger partial charge in [0.2, 0.25) is 0 Å². The second kappa shape index (κ2) is 9.31. The van der Waals surface area contributed by atoms with Gasteiger partial charge in [-0.05, 0) is 54.1 Å². The zero-order chi connectivity index (χ0) is 23.5. The lowest BCUT2D eigenvalue weighted by molar-refractivity contribution is -0.384. The third-order valence-corrected chi connectivity index (χ3v) is 5.94. The summed E-state index contributed by atoms with van der Waals surface area (Å²) in [5.41, 5.74) is 1.54. The molecule has 0 saturated carbocycles. The number of hydrogen-bond donors (Lipinski definition) is 1. The molecule has 0 spiro atoms. The zero-order valence-electron chi connectivity index (χ0n) is 16.7. The molecule has 1 aliphatic heterocycles. The van der Waals surface area contributed by atoms with E-state index < -0.39 is 22.6 Å². The summed E-state index contributed by atoms with van der Waals surface area (Å²) >= 11 is 6.44. The van der Waals surface area contributed by atoms with E-state index >= 15 is 0 Å². The molecule has 0 aromatic heterocycles. The molecule has 0 radical (unpaired) electrons. The van der Waals surface area contributed by atoms with Crippen LogP contribution in [-0.4, -0.2) is 21.1 Å². The maximum Gasteiger partial charge on any atom is 0.270 e. The highest BCUT2D eigenvalue weighted by atomic mass is 32.2. The summed E-state index contributed by atoms with van der Waals surface area (Å²) in [6, 6.07) is 17.7. The monoisotopic (exact) mass is 479 g/mol. The van der Waals surface area contributed by atoms with Crippen molar-refractivity contribution in [1.29, 1.82) is 0 Å². The summed E-state index contributed by atoms with van der Waals surface area (Å²) in [5.74, 6) is -1.24. The van der Waals surface area contributed by atoms with E-state index in [2.05, 4.69) is 5.32 Å². The molecule has 3 aromatic rings. The van der Waals surface area contributed by atoms with Gasteiger partial charge in [0, 0.05) is 23.4 Å². The molecule has 3 aromatic carbocycles. The number of non-ortho nitro benzene ring substituents is 1. The number of carbonyl (C=O) groups excluding carboxylic acids is 2. The Morgan fingerprint density at radius 1 is 1.09 bits per heavy atom. The van der Waals surface area contributed by atoms with E-state index in [0.717, 1.165) is 11.8 Å². The lowest BCUT2D eigenvalue weighted by Crippen LogP contribution is -2.27. The minimum Gasteiger partial charge on any atom is -0.322 e. The van der Waals surface area contributed by atoms with Crippen molar-refractivity contribution in [3.05, 3.63) is 105 Å². The van der Waals surface area contributed by atoms with Crippen molar-refractivity contribution in [3.8, 4) is 0 Å². The summed E-state index contributed by atoms with van der Waals surface area (Å²) in [7, 11) is 0. The van der Waals surface area contributed by atoms with Gasteiger partial charge in [-0.1, -0.05) is 42.2 Å². The number of thioether (sulfide) groups is 1. The first-order valence-electron chi connectivity index (χ1n) is 9.51. The molecule has 4 rings (SSSR count). The quantitative estimate of drug-likeness (QED) is 0.228. The average molecular weight is 480 g/mol. The fourth-order valence-electron chi connectivity index (χ4n) is 3.09. The van der Waals surface area contributed by atoms with Gasteiger partial charge >= 0.3 is 0 Å². The molecule has 0 atom stereocenters. The van der Waals surface area contributed by atoms with E-state index in [1.54, 1.807) is 24.3 Å². The standard InChI is InChI=1S/C23H14FN3O4S2/c24-16-7-9-17(10-8-16)25-21(28)15-4-2-5-18(13-15)26-22(29)20(33-23(26)32)12-14-3-1-6-19(11-14)27(30)31/h1-13H,(H,25,28)/b20-12+. The van der Waals surface area contributed by atoms with Crippen LogP contribution >= 0.6 is 24.0 Å². The molecule has 1 heterocycles. The van der Waals surface area contributed by atoms with Gasteiger partial charge in [0.15, 0.2) is 4.32 Å². The van der Waals surface area contributed by atoms with Gasteiger partial charge < -0.3 is 5.32 Å². The number of nitro groups is 1. The highest BCUT2D eigenvalue weighted by molar-refractivity contribution is 8.27. The SMILES string of the molecule is O=C(Nc1ccc(F)cc1)c1cccc(N2C(=O)/C(=C\c3cccc([N+](=O)[O-])c3)SC2=S)c1. The number of thiocarbonyl (C=S) groups is 1. The Hall–Kier alpha value is -3.89. The summed E-state index contributed by atoms with van der Waals surface area (Å²) in [4.78, 5) is 37.7. The number of carbonyl (C=O) groups is 2. The first kappa shape index (κ1) is 22.3. The van der Waals surface area contributed by atoms with E-state index in [4.69, 9.17) is 12.2 Å². The molecule has 33 heavy (non-hydrogen) atoms. The minimum atomic E-state index is -0.509. The van der Waals surface area contributed by atoms with Crippen LogP contribution in [0.4, 0.5) is 21.5 Å². The summed E-state index contributed by atoms with van der Waals surface area (Å²) in [6.45, 7) is 0. The van der Waals surface area contributed by atoms with Crippen LogP contribution < -0.4 is 10.2 Å². The Morgan fingerprint density at radius 3 is 2.55 bits per heavy atom. The molecule has 7 nitrogen and oxygen atoms in total. The molecule has 1 aliphatic rings. The van der Waals surface area contributed by atoms with Gasteiger partial charge in [-0.25, -0.2) is 4.39 Å². The Kier molecular flexibility index (Phi) is 6.29. The predicted octanol–water partition coefficient (Wildman–Crippen LogP) is 5.39. The molecule has 0 aliphatic carbocycles. The Balaban J connectivity index is 1.57. The topological polar surface area (TPSA) is 92.6 Å². The maximum atomic E-state index is 13.1. The highest BCUT2D eigenvalue weighted by Gasteiger charge is 2.33. The van der Waals surface area contributed by atoms with Crippen molar-refractivity contribution in [3.63, 3.8) is 0 Å². The first-order valence-corrected chi connectivity index (χ1v) is 10.7. The van der Waals surface area contributed by atoms with Crippen molar-refractivity contribution in [2.75, 3.05) is 10.2 Å². The smallest absolute Gasteiger partial charge is 0.270 e. The van der Waals surface area contributed by atoms with Crippen molar-refractivity contribution in [1.82, 2.24) is 0 Å². The predicted molar refractivity (Wildman–Crippen MR) is 130 cm³/mol. The zero-order valence-corrected chi connectivity index (χ0v) is 18.4. The number of hydrogen-bond acceptors (Lipinski definition) is 6. The normalized spacial score (nSPS) is 14.6. The van der Waals surface area contributed by atoms with Crippen LogP contribution in [-0.2, 0) is 4.79 Å². The number of nitro benzene ring substituents is 1. The third kappa shape index (κ3) is 4.97. The van der Waals surface area contributed by atoms with Crippen LogP contribution in [0.3, 0.4) is 0 Å². The molecule has 0 unspecified atom stereocenters. The minimum absolute atomic E-state index is 0.0842. The Morgan fingerprint density at radius 2 is 1.82 bits per heavy atom. The summed E-state index contributed by atoms with van der Waals surface area (Å²) in [5, 5.41) is 13.7. The molecule has 1 fully saturated rings. The van der Waals surface area contributed by atoms with Crippen LogP contribution in [0.5, 0.6) is 0 Å². The lowest BCUT2D eigenvalue weighted by Gasteiger charge is -2.15. The van der Waals surface area contributed by atoms with Crippen LogP contribution in [0.15, 0.2) is 77.7 Å². The second-order valence-corrected chi connectivity index (χ2v) is 8.56. The van der Waals surface area contributed by atoms with Crippen LogP contribution in [0.1, 0.15) is 15.9 Å². The number of amides is 2. The van der Waals surface area contributed by atoms with Gasteiger partial charge in [-0.15, -0.1) is 0 Å². The number of rotatable bonds is 5. The third-order valence-electron chi connectivity index (χ3n) is 4.64. The molecule has 2 amide bonds. The van der Waals surface area contributed by atoms with E-state index in [0.29, 0.717) is 21.8 Å². The molecular weight excluding hydrogens is 465 g/mol. The Labute approximate surface area is 197 Å².